The van der Waals surface area contributed by atoms with Crippen LogP contribution in [0.5, 0.6) is 0 Å². The van der Waals surface area contributed by atoms with E-state index < -0.39 is 0 Å². The molecule has 1 fully saturated rings. The van der Waals surface area contributed by atoms with Gasteiger partial charge in [0.1, 0.15) is 0 Å². The molecule has 1 saturated heterocycles. The Bertz CT molecular complexity index is 82.5. The van der Waals surface area contributed by atoms with Gasteiger partial charge in [-0.05, 0) is 14.0 Å². The molecule has 0 bridgehead atoms. The summed E-state index contributed by atoms with van der Waals surface area (Å²) in [6.45, 7) is 3.05. The highest BCUT2D eigenvalue weighted by molar-refractivity contribution is 7.97. The predicted molar refractivity (Wildman–Crippen MR) is 35.9 cm³/mol. The highest BCUT2D eigenvalue weighted by Gasteiger charge is 2.38. The Morgan fingerprint density at radius 1 is 1.88 bits per heavy atom. The Morgan fingerprint density at radius 3 is 2.88 bits per heavy atom. The summed E-state index contributed by atoms with van der Waals surface area (Å²) in [6, 6.07) is 0. The fraction of sp³-hybridized carbons (Fsp3) is 1.00. The molecule has 3 heteroatoms. The van der Waals surface area contributed by atoms with Crippen molar-refractivity contribution in [3.05, 3.63) is 0 Å². The maximum Gasteiger partial charge on any atom is 0.0991 e. The molecule has 0 saturated carbocycles. The zero-order valence-corrected chi connectivity index (χ0v) is 6.05. The van der Waals surface area contributed by atoms with Gasteiger partial charge in [-0.3, -0.25) is 4.72 Å². The minimum Gasteiger partial charge on any atom is -0.369 e. The Hall–Kier alpha value is 0.270. The van der Waals surface area contributed by atoms with E-state index in [9.17, 15) is 0 Å². The maximum atomic E-state index is 5.14. The first kappa shape index (κ1) is 6.39. The summed E-state index contributed by atoms with van der Waals surface area (Å²) in [5.41, 5.74) is 0.202. The summed E-state index contributed by atoms with van der Waals surface area (Å²) in [4.78, 5) is 0. The fourth-order valence-corrected chi connectivity index (χ4v) is 1.05. The standard InChI is InChI=1S/C5H11NOS/c1-5(3-7-5)4-8-6-2/h6H,3-4H2,1-2H3. The molecule has 1 atom stereocenters. The summed E-state index contributed by atoms with van der Waals surface area (Å²) in [6.07, 6.45) is 0. The van der Waals surface area contributed by atoms with Gasteiger partial charge in [0.15, 0.2) is 0 Å². The van der Waals surface area contributed by atoms with Gasteiger partial charge in [0.05, 0.1) is 12.2 Å². The zero-order chi connectivity index (χ0) is 6.04. The number of ether oxygens (including phenoxy) is 1. The van der Waals surface area contributed by atoms with Crippen LogP contribution < -0.4 is 4.72 Å². The first-order valence-corrected chi connectivity index (χ1v) is 3.68. The van der Waals surface area contributed by atoms with Crippen molar-refractivity contribution in [1.29, 1.82) is 0 Å². The number of nitrogens with one attached hydrogen (secondary N) is 1. The normalized spacial score (nSPS) is 35.2. The van der Waals surface area contributed by atoms with Crippen LogP contribution in [0.2, 0.25) is 0 Å². The SMILES string of the molecule is CNSCC1(C)CO1. The lowest BCUT2D eigenvalue weighted by Crippen LogP contribution is -2.10. The lowest BCUT2D eigenvalue weighted by atomic mass is 10.3. The van der Waals surface area contributed by atoms with Crippen molar-refractivity contribution in [3.63, 3.8) is 0 Å². The minimum absolute atomic E-state index is 0.202. The highest BCUT2D eigenvalue weighted by Crippen LogP contribution is 2.28. The van der Waals surface area contributed by atoms with Crippen molar-refractivity contribution < 1.29 is 4.74 Å². The summed E-state index contributed by atoms with van der Waals surface area (Å²) in [5, 5.41) is 0. The van der Waals surface area contributed by atoms with Crippen LogP contribution in [0.15, 0.2) is 0 Å². The molecule has 1 aliphatic rings. The second-order valence-electron chi connectivity index (χ2n) is 2.23. The maximum absolute atomic E-state index is 5.14. The number of epoxide rings is 1. The second kappa shape index (κ2) is 2.25. The van der Waals surface area contributed by atoms with Gasteiger partial charge in [-0.25, -0.2) is 0 Å². The van der Waals surface area contributed by atoms with E-state index in [1.807, 2.05) is 7.05 Å². The molecule has 48 valence electrons. The van der Waals surface area contributed by atoms with Crippen LogP contribution in [-0.4, -0.2) is 25.0 Å². The third-order valence-corrected chi connectivity index (χ3v) is 2.20. The van der Waals surface area contributed by atoms with E-state index in [4.69, 9.17) is 4.74 Å². The summed E-state index contributed by atoms with van der Waals surface area (Å²) in [5.74, 6) is 1.06. The molecule has 1 aliphatic heterocycles. The molecule has 2 nitrogen and oxygen atoms in total. The van der Waals surface area contributed by atoms with Crippen LogP contribution in [-0.2, 0) is 4.74 Å². The first-order chi connectivity index (χ1) is 3.77. The average Bonchev–Trinajstić information content (AvgIpc) is 2.45. The van der Waals surface area contributed by atoms with Gasteiger partial charge in [-0.2, -0.15) is 0 Å². The van der Waals surface area contributed by atoms with Crippen molar-refractivity contribution in [3.8, 4) is 0 Å². The van der Waals surface area contributed by atoms with Crippen molar-refractivity contribution in [2.75, 3.05) is 19.4 Å². The largest absolute Gasteiger partial charge is 0.369 e. The Morgan fingerprint density at radius 2 is 2.50 bits per heavy atom. The second-order valence-corrected chi connectivity index (χ2v) is 3.22. The van der Waals surface area contributed by atoms with E-state index in [1.54, 1.807) is 11.9 Å². The van der Waals surface area contributed by atoms with Gasteiger partial charge >= 0.3 is 0 Å². The molecule has 1 rings (SSSR count). The van der Waals surface area contributed by atoms with Crippen LogP contribution in [0.4, 0.5) is 0 Å². The molecule has 1 unspecified atom stereocenters. The number of hydrogen-bond acceptors (Lipinski definition) is 3. The van der Waals surface area contributed by atoms with Gasteiger partial charge in [-0.15, -0.1) is 0 Å². The van der Waals surface area contributed by atoms with Gasteiger partial charge in [-0.1, -0.05) is 11.9 Å². The average molecular weight is 133 g/mol. The molecule has 0 aliphatic carbocycles. The van der Waals surface area contributed by atoms with E-state index in [-0.39, 0.29) is 5.60 Å². The smallest absolute Gasteiger partial charge is 0.0991 e. The molecule has 0 aromatic heterocycles. The van der Waals surface area contributed by atoms with Crippen LogP contribution in [0.25, 0.3) is 0 Å². The van der Waals surface area contributed by atoms with Gasteiger partial charge in [0.2, 0.25) is 0 Å². The molecule has 0 amide bonds. The highest BCUT2D eigenvalue weighted by atomic mass is 32.2. The molecule has 1 N–H and O–H groups in total. The monoisotopic (exact) mass is 133 g/mol. The Kier molecular flexibility index (Phi) is 1.80. The fourth-order valence-electron chi connectivity index (χ4n) is 0.431. The third kappa shape index (κ3) is 1.65. The molecule has 0 radical (unpaired) electrons. The van der Waals surface area contributed by atoms with Gasteiger partial charge in [0.25, 0.3) is 0 Å². The zero-order valence-electron chi connectivity index (χ0n) is 5.23. The van der Waals surface area contributed by atoms with E-state index in [0.29, 0.717) is 0 Å². The van der Waals surface area contributed by atoms with E-state index in [0.717, 1.165) is 12.4 Å². The number of rotatable bonds is 3. The van der Waals surface area contributed by atoms with E-state index in [2.05, 4.69) is 11.6 Å². The predicted octanol–water partition coefficient (Wildman–Crippen LogP) is 0.643. The lowest BCUT2D eigenvalue weighted by Gasteiger charge is -2.00. The van der Waals surface area contributed by atoms with Crippen LogP contribution in [0.3, 0.4) is 0 Å². The molecule has 8 heavy (non-hydrogen) atoms. The number of hydrogen-bond donors (Lipinski definition) is 1. The molecule has 1 heterocycles. The molecule has 0 spiro atoms. The third-order valence-electron chi connectivity index (χ3n) is 1.16. The van der Waals surface area contributed by atoms with Crippen molar-refractivity contribution >= 4 is 11.9 Å². The summed E-state index contributed by atoms with van der Waals surface area (Å²) < 4.78 is 8.14. The van der Waals surface area contributed by atoms with Crippen molar-refractivity contribution in [1.82, 2.24) is 4.72 Å². The van der Waals surface area contributed by atoms with Crippen LogP contribution in [0, 0.1) is 0 Å². The van der Waals surface area contributed by atoms with Gasteiger partial charge in [0, 0.05) is 5.75 Å². The molecule has 0 aromatic carbocycles. The topological polar surface area (TPSA) is 24.6 Å². The van der Waals surface area contributed by atoms with Crippen LogP contribution >= 0.6 is 11.9 Å². The van der Waals surface area contributed by atoms with Crippen molar-refractivity contribution in [2.45, 2.75) is 12.5 Å². The summed E-state index contributed by atoms with van der Waals surface area (Å²) in [7, 11) is 1.93. The molecular formula is C5H11NOS. The Labute approximate surface area is 54.1 Å². The van der Waals surface area contributed by atoms with E-state index in [1.165, 1.54) is 0 Å². The summed E-state index contributed by atoms with van der Waals surface area (Å²) >= 11 is 1.70. The van der Waals surface area contributed by atoms with E-state index >= 15 is 0 Å². The van der Waals surface area contributed by atoms with Crippen molar-refractivity contribution in [2.24, 2.45) is 0 Å². The molecular weight excluding hydrogens is 122 g/mol. The minimum atomic E-state index is 0.202. The quantitative estimate of drug-likeness (QED) is 0.452. The van der Waals surface area contributed by atoms with Gasteiger partial charge < -0.3 is 4.74 Å². The Balaban J connectivity index is 2.01. The first-order valence-electron chi connectivity index (χ1n) is 2.69. The molecule has 0 aromatic rings. The lowest BCUT2D eigenvalue weighted by molar-refractivity contribution is 0.348. The van der Waals surface area contributed by atoms with Crippen LogP contribution in [0.1, 0.15) is 6.92 Å².